The molecule has 2 heterocycles. The number of hydrogen-bond acceptors (Lipinski definition) is 2. The molecule has 3 aromatic rings. The predicted molar refractivity (Wildman–Crippen MR) is 88.8 cm³/mol. The molecule has 2 aromatic heterocycles. The molecule has 21 heavy (non-hydrogen) atoms. The lowest BCUT2D eigenvalue weighted by Crippen LogP contribution is -2.01. The molecular weight excluding hydrogens is 258 g/mol. The largest absolute Gasteiger partial charge is 0.330 e. The summed E-state index contributed by atoms with van der Waals surface area (Å²) >= 11 is 0. The molecule has 0 aliphatic carbocycles. The first-order valence-electron chi connectivity index (χ1n) is 8.03. The SMILES string of the molecule is CCc1ccc2nc(CC)c3ncn(CC)c3c2c1CC. The first-order chi connectivity index (χ1) is 10.2. The van der Waals surface area contributed by atoms with E-state index >= 15 is 0 Å². The molecule has 0 atom stereocenters. The number of benzene rings is 1. The monoisotopic (exact) mass is 281 g/mol. The summed E-state index contributed by atoms with van der Waals surface area (Å²) in [6, 6.07) is 4.42. The number of imidazole rings is 1. The molecule has 0 radical (unpaired) electrons. The molecule has 3 nitrogen and oxygen atoms in total. The third-order valence-corrected chi connectivity index (χ3v) is 4.40. The molecule has 0 unspecified atom stereocenters. The molecule has 0 saturated heterocycles. The van der Waals surface area contributed by atoms with Gasteiger partial charge in [0.05, 0.1) is 23.1 Å². The Bertz CT molecular complexity index is 799. The van der Waals surface area contributed by atoms with Crippen LogP contribution >= 0.6 is 0 Å². The van der Waals surface area contributed by atoms with E-state index in [0.717, 1.165) is 42.5 Å². The molecule has 0 fully saturated rings. The van der Waals surface area contributed by atoms with E-state index in [1.54, 1.807) is 0 Å². The molecule has 0 saturated carbocycles. The zero-order valence-electron chi connectivity index (χ0n) is 13.4. The second-order valence-electron chi connectivity index (χ2n) is 5.44. The summed E-state index contributed by atoms with van der Waals surface area (Å²) in [6.07, 6.45) is 4.99. The molecule has 0 spiro atoms. The van der Waals surface area contributed by atoms with Crippen LogP contribution in [0.15, 0.2) is 18.5 Å². The van der Waals surface area contributed by atoms with Gasteiger partial charge in [0.25, 0.3) is 0 Å². The number of aromatic nitrogens is 3. The normalized spacial score (nSPS) is 11.6. The summed E-state index contributed by atoms with van der Waals surface area (Å²) in [5.74, 6) is 0. The Kier molecular flexibility index (Phi) is 3.66. The van der Waals surface area contributed by atoms with Crippen LogP contribution in [0.1, 0.15) is 44.5 Å². The van der Waals surface area contributed by atoms with Gasteiger partial charge in [0.1, 0.15) is 5.52 Å². The van der Waals surface area contributed by atoms with Gasteiger partial charge >= 0.3 is 0 Å². The van der Waals surface area contributed by atoms with E-state index in [2.05, 4.69) is 49.4 Å². The van der Waals surface area contributed by atoms with Gasteiger partial charge < -0.3 is 4.57 Å². The van der Waals surface area contributed by atoms with Crippen molar-refractivity contribution in [3.63, 3.8) is 0 Å². The third kappa shape index (κ3) is 2.03. The highest BCUT2D eigenvalue weighted by Crippen LogP contribution is 2.31. The van der Waals surface area contributed by atoms with Crippen molar-refractivity contribution >= 4 is 21.9 Å². The Morgan fingerprint density at radius 1 is 1.00 bits per heavy atom. The van der Waals surface area contributed by atoms with Crippen molar-refractivity contribution < 1.29 is 0 Å². The molecule has 3 heteroatoms. The summed E-state index contributed by atoms with van der Waals surface area (Å²) in [4.78, 5) is 9.52. The first kappa shape index (κ1) is 14.1. The minimum Gasteiger partial charge on any atom is -0.330 e. The molecule has 0 aliphatic rings. The van der Waals surface area contributed by atoms with Crippen LogP contribution in [0, 0.1) is 0 Å². The van der Waals surface area contributed by atoms with Crippen LogP contribution in [0.5, 0.6) is 0 Å². The molecule has 110 valence electrons. The van der Waals surface area contributed by atoms with E-state index < -0.39 is 0 Å². The number of nitrogens with zero attached hydrogens (tertiary/aromatic N) is 3. The number of aryl methyl sites for hydroxylation is 4. The van der Waals surface area contributed by atoms with E-state index in [9.17, 15) is 0 Å². The average molecular weight is 281 g/mol. The minimum absolute atomic E-state index is 0.921. The van der Waals surface area contributed by atoms with Gasteiger partial charge in [-0.15, -0.1) is 0 Å². The summed E-state index contributed by atoms with van der Waals surface area (Å²) in [5, 5.41) is 1.31. The zero-order chi connectivity index (χ0) is 15.0. The molecule has 0 aliphatic heterocycles. The molecule has 0 bridgehead atoms. The fourth-order valence-electron chi connectivity index (χ4n) is 3.31. The van der Waals surface area contributed by atoms with Crippen LogP contribution in [-0.4, -0.2) is 14.5 Å². The molecule has 0 N–H and O–H groups in total. The van der Waals surface area contributed by atoms with Gasteiger partial charge in [-0.25, -0.2) is 4.98 Å². The number of hydrogen-bond donors (Lipinski definition) is 0. The Hall–Kier alpha value is -1.90. The Morgan fingerprint density at radius 2 is 1.81 bits per heavy atom. The van der Waals surface area contributed by atoms with Crippen LogP contribution in [-0.2, 0) is 25.8 Å². The van der Waals surface area contributed by atoms with Gasteiger partial charge in [0.15, 0.2) is 0 Å². The first-order valence-corrected chi connectivity index (χ1v) is 8.03. The summed E-state index contributed by atoms with van der Waals surface area (Å²) < 4.78 is 2.26. The van der Waals surface area contributed by atoms with Crippen molar-refractivity contribution in [2.24, 2.45) is 0 Å². The van der Waals surface area contributed by atoms with E-state index in [1.165, 1.54) is 22.0 Å². The van der Waals surface area contributed by atoms with Crippen LogP contribution in [0.2, 0.25) is 0 Å². The lowest BCUT2D eigenvalue weighted by atomic mass is 9.96. The van der Waals surface area contributed by atoms with Crippen LogP contribution in [0.4, 0.5) is 0 Å². The highest BCUT2D eigenvalue weighted by atomic mass is 15.0. The summed E-state index contributed by atoms with van der Waals surface area (Å²) in [7, 11) is 0. The Morgan fingerprint density at radius 3 is 2.43 bits per heavy atom. The van der Waals surface area contributed by atoms with Crippen molar-refractivity contribution in [3.8, 4) is 0 Å². The smallest absolute Gasteiger partial charge is 0.111 e. The van der Waals surface area contributed by atoms with Gasteiger partial charge in [-0.1, -0.05) is 26.8 Å². The van der Waals surface area contributed by atoms with Crippen molar-refractivity contribution in [3.05, 3.63) is 35.3 Å². The van der Waals surface area contributed by atoms with Crippen molar-refractivity contribution in [2.75, 3.05) is 0 Å². The van der Waals surface area contributed by atoms with Gasteiger partial charge in [-0.2, -0.15) is 0 Å². The summed E-state index contributed by atoms with van der Waals surface area (Å²) in [5.41, 5.74) is 7.44. The Balaban J connectivity index is 2.56. The number of pyridine rings is 1. The lowest BCUT2D eigenvalue weighted by molar-refractivity contribution is 0.788. The van der Waals surface area contributed by atoms with Crippen LogP contribution in [0.25, 0.3) is 21.9 Å². The third-order valence-electron chi connectivity index (χ3n) is 4.40. The summed E-state index contributed by atoms with van der Waals surface area (Å²) in [6.45, 7) is 9.73. The van der Waals surface area contributed by atoms with Crippen LogP contribution < -0.4 is 0 Å². The topological polar surface area (TPSA) is 30.7 Å². The second-order valence-corrected chi connectivity index (χ2v) is 5.44. The number of rotatable bonds is 4. The molecular formula is C18H23N3. The fraction of sp³-hybridized carbons (Fsp3) is 0.444. The highest BCUT2D eigenvalue weighted by molar-refractivity contribution is 6.05. The van der Waals surface area contributed by atoms with Crippen molar-refractivity contribution in [2.45, 2.75) is 53.5 Å². The zero-order valence-corrected chi connectivity index (χ0v) is 13.4. The lowest BCUT2D eigenvalue weighted by Gasteiger charge is -2.13. The van der Waals surface area contributed by atoms with Crippen molar-refractivity contribution in [1.82, 2.24) is 14.5 Å². The van der Waals surface area contributed by atoms with Gasteiger partial charge in [-0.05, 0) is 43.4 Å². The standard InChI is InChI=1S/C18H23N3/c1-5-12-9-10-15-16(13(12)6-2)18-17(14(7-3)20-15)19-11-21(18)8-4/h9-11H,5-8H2,1-4H3. The van der Waals surface area contributed by atoms with Crippen LogP contribution in [0.3, 0.4) is 0 Å². The maximum atomic E-state index is 4.88. The number of fused-ring (bicyclic) bond motifs is 3. The molecule has 1 aromatic carbocycles. The van der Waals surface area contributed by atoms with Crippen molar-refractivity contribution in [1.29, 1.82) is 0 Å². The van der Waals surface area contributed by atoms with E-state index in [-0.39, 0.29) is 0 Å². The predicted octanol–water partition coefficient (Wildman–Crippen LogP) is 4.29. The minimum atomic E-state index is 0.921. The van der Waals surface area contributed by atoms with E-state index in [0.29, 0.717) is 0 Å². The van der Waals surface area contributed by atoms with Gasteiger partial charge in [0, 0.05) is 11.9 Å². The molecule has 3 rings (SSSR count). The fourth-order valence-corrected chi connectivity index (χ4v) is 3.31. The van der Waals surface area contributed by atoms with E-state index in [1.807, 2.05) is 6.33 Å². The van der Waals surface area contributed by atoms with E-state index in [4.69, 9.17) is 4.98 Å². The maximum Gasteiger partial charge on any atom is 0.111 e. The average Bonchev–Trinajstić information content (AvgIpc) is 2.96. The maximum absolute atomic E-state index is 4.88. The Labute approximate surface area is 126 Å². The molecule has 0 amide bonds. The van der Waals surface area contributed by atoms with Gasteiger partial charge in [0.2, 0.25) is 0 Å². The van der Waals surface area contributed by atoms with Gasteiger partial charge in [-0.3, -0.25) is 4.98 Å². The highest BCUT2D eigenvalue weighted by Gasteiger charge is 2.16. The second kappa shape index (κ2) is 5.47. The quantitative estimate of drug-likeness (QED) is 0.714.